The molecular formula is C29H30N4O3S. The standard InChI is InChI=1S/C29H30N4O3S/c1-4-33(32-24-13-15-25(36-3)16-14-24)29(35)26(17-21-9-6-5-7-10-21)31-28(34)23-12-8-11-22(18-23)27-19-37-20(2)30-27/h5-16,18-19,26,32H,4,17H2,1-3H3,(H,31,34). The van der Waals surface area contributed by atoms with E-state index in [4.69, 9.17) is 4.74 Å². The highest BCUT2D eigenvalue weighted by atomic mass is 32.1. The van der Waals surface area contributed by atoms with Crippen molar-refractivity contribution in [2.75, 3.05) is 19.1 Å². The van der Waals surface area contributed by atoms with E-state index in [1.165, 1.54) is 5.01 Å². The van der Waals surface area contributed by atoms with Crippen LogP contribution in [-0.2, 0) is 11.2 Å². The number of carbonyl (C=O) groups excluding carboxylic acids is 2. The number of carbonyl (C=O) groups is 2. The van der Waals surface area contributed by atoms with Gasteiger partial charge in [0.05, 0.1) is 23.5 Å². The minimum absolute atomic E-state index is 0.234. The lowest BCUT2D eigenvalue weighted by Crippen LogP contribution is -2.51. The summed E-state index contributed by atoms with van der Waals surface area (Å²) in [5.41, 5.74) is 7.02. The van der Waals surface area contributed by atoms with E-state index >= 15 is 0 Å². The molecule has 0 spiro atoms. The number of nitrogens with zero attached hydrogens (tertiary/aromatic N) is 2. The van der Waals surface area contributed by atoms with Crippen LogP contribution in [0.25, 0.3) is 11.3 Å². The second-order valence-electron chi connectivity index (χ2n) is 8.47. The zero-order valence-corrected chi connectivity index (χ0v) is 21.9. The minimum Gasteiger partial charge on any atom is -0.497 e. The van der Waals surface area contributed by atoms with Crippen LogP contribution < -0.4 is 15.5 Å². The van der Waals surface area contributed by atoms with Crippen molar-refractivity contribution in [3.8, 4) is 17.0 Å². The van der Waals surface area contributed by atoms with Gasteiger partial charge in [-0.2, -0.15) is 0 Å². The number of methoxy groups -OCH3 is 1. The van der Waals surface area contributed by atoms with Crippen LogP contribution in [0.2, 0.25) is 0 Å². The number of ether oxygens (including phenoxy) is 1. The third kappa shape index (κ3) is 6.74. The molecule has 7 nitrogen and oxygen atoms in total. The number of aromatic nitrogens is 1. The van der Waals surface area contributed by atoms with E-state index in [1.807, 2.05) is 86.0 Å². The van der Waals surface area contributed by atoms with Crippen LogP contribution in [-0.4, -0.2) is 41.5 Å². The summed E-state index contributed by atoms with van der Waals surface area (Å²) < 4.78 is 5.22. The Labute approximate surface area is 221 Å². The van der Waals surface area contributed by atoms with E-state index in [0.717, 1.165) is 33.3 Å². The third-order valence-corrected chi connectivity index (χ3v) is 6.64. The number of benzene rings is 3. The van der Waals surface area contributed by atoms with Crippen LogP contribution in [0.15, 0.2) is 84.2 Å². The Morgan fingerprint density at radius 3 is 2.43 bits per heavy atom. The van der Waals surface area contributed by atoms with Crippen LogP contribution in [0, 0.1) is 6.92 Å². The number of anilines is 1. The molecule has 3 aromatic carbocycles. The Bertz CT molecular complexity index is 1340. The van der Waals surface area contributed by atoms with E-state index in [9.17, 15) is 9.59 Å². The van der Waals surface area contributed by atoms with E-state index < -0.39 is 6.04 Å². The molecule has 4 rings (SSSR count). The molecule has 0 fully saturated rings. The van der Waals surface area contributed by atoms with Crippen molar-refractivity contribution in [1.29, 1.82) is 0 Å². The second kappa shape index (κ2) is 12.2. The smallest absolute Gasteiger partial charge is 0.263 e. The Hall–Kier alpha value is -4.17. The zero-order valence-electron chi connectivity index (χ0n) is 21.1. The Morgan fingerprint density at radius 2 is 1.78 bits per heavy atom. The van der Waals surface area contributed by atoms with Gasteiger partial charge in [0.1, 0.15) is 11.8 Å². The van der Waals surface area contributed by atoms with Crippen LogP contribution in [0.1, 0.15) is 27.9 Å². The van der Waals surface area contributed by atoms with Gasteiger partial charge in [-0.1, -0.05) is 42.5 Å². The third-order valence-electron chi connectivity index (χ3n) is 5.86. The number of hydrazine groups is 1. The van der Waals surface area contributed by atoms with E-state index in [1.54, 1.807) is 30.6 Å². The van der Waals surface area contributed by atoms with Gasteiger partial charge in [0, 0.05) is 29.5 Å². The number of rotatable bonds is 10. The molecule has 0 radical (unpaired) electrons. The molecule has 1 unspecified atom stereocenters. The number of likely N-dealkylation sites (N-methyl/N-ethyl adjacent to an activating group) is 1. The van der Waals surface area contributed by atoms with Crippen molar-refractivity contribution in [1.82, 2.24) is 15.3 Å². The fraction of sp³-hybridized carbons (Fsp3) is 0.207. The Kier molecular flexibility index (Phi) is 8.53. The molecule has 1 aromatic heterocycles. The summed E-state index contributed by atoms with van der Waals surface area (Å²) in [6.07, 6.45) is 0.358. The molecule has 4 aromatic rings. The maximum Gasteiger partial charge on any atom is 0.263 e. The molecule has 1 heterocycles. The van der Waals surface area contributed by atoms with Gasteiger partial charge < -0.3 is 10.1 Å². The Balaban J connectivity index is 1.55. The number of amides is 2. The lowest BCUT2D eigenvalue weighted by Gasteiger charge is -2.28. The molecule has 2 N–H and O–H groups in total. The molecule has 0 aliphatic carbocycles. The molecule has 0 aliphatic rings. The van der Waals surface area contributed by atoms with Crippen molar-refractivity contribution in [2.45, 2.75) is 26.3 Å². The first kappa shape index (κ1) is 25.9. The van der Waals surface area contributed by atoms with Crippen molar-refractivity contribution in [3.63, 3.8) is 0 Å². The van der Waals surface area contributed by atoms with E-state index in [-0.39, 0.29) is 11.8 Å². The van der Waals surface area contributed by atoms with Gasteiger partial charge in [-0.25, -0.2) is 4.98 Å². The molecule has 0 saturated heterocycles. The summed E-state index contributed by atoms with van der Waals surface area (Å²) in [6.45, 7) is 4.24. The average Bonchev–Trinajstić information content (AvgIpc) is 3.38. The lowest BCUT2D eigenvalue weighted by atomic mass is 10.0. The summed E-state index contributed by atoms with van der Waals surface area (Å²) in [5.74, 6) is 0.176. The van der Waals surface area contributed by atoms with Gasteiger partial charge in [0.15, 0.2) is 0 Å². The first-order valence-corrected chi connectivity index (χ1v) is 12.9. The van der Waals surface area contributed by atoms with Crippen LogP contribution >= 0.6 is 11.3 Å². The Morgan fingerprint density at radius 1 is 1.03 bits per heavy atom. The molecule has 190 valence electrons. The minimum atomic E-state index is -0.772. The molecule has 0 aliphatic heterocycles. The average molecular weight is 515 g/mol. The topological polar surface area (TPSA) is 83.6 Å². The predicted octanol–water partition coefficient (Wildman–Crippen LogP) is 5.34. The summed E-state index contributed by atoms with van der Waals surface area (Å²) in [7, 11) is 1.61. The SMILES string of the molecule is CCN(Nc1ccc(OC)cc1)C(=O)C(Cc1ccccc1)NC(=O)c1cccc(-c2csc(C)n2)c1. The number of aryl methyl sites for hydroxylation is 1. The van der Waals surface area contributed by atoms with Crippen LogP contribution in [0.5, 0.6) is 5.75 Å². The van der Waals surface area contributed by atoms with Gasteiger partial charge in [-0.05, 0) is 55.8 Å². The maximum absolute atomic E-state index is 13.7. The number of hydrogen-bond donors (Lipinski definition) is 2. The quantitative estimate of drug-likeness (QED) is 0.279. The first-order valence-electron chi connectivity index (χ1n) is 12.1. The van der Waals surface area contributed by atoms with Gasteiger partial charge in [0.25, 0.3) is 11.8 Å². The van der Waals surface area contributed by atoms with Gasteiger partial charge in [0.2, 0.25) is 0 Å². The van der Waals surface area contributed by atoms with Gasteiger partial charge >= 0.3 is 0 Å². The summed E-state index contributed by atoms with van der Waals surface area (Å²) in [5, 5.41) is 7.43. The van der Waals surface area contributed by atoms with Gasteiger partial charge in [-0.3, -0.25) is 20.0 Å². The second-order valence-corrected chi connectivity index (χ2v) is 9.53. The monoisotopic (exact) mass is 514 g/mol. The van der Waals surface area contributed by atoms with Gasteiger partial charge in [-0.15, -0.1) is 11.3 Å². The molecule has 2 amide bonds. The highest BCUT2D eigenvalue weighted by Gasteiger charge is 2.26. The normalized spacial score (nSPS) is 11.4. The van der Waals surface area contributed by atoms with E-state index in [0.29, 0.717) is 18.5 Å². The van der Waals surface area contributed by atoms with Crippen LogP contribution in [0.4, 0.5) is 5.69 Å². The summed E-state index contributed by atoms with van der Waals surface area (Å²) in [4.78, 5) is 31.5. The van der Waals surface area contributed by atoms with Crippen molar-refractivity contribution >= 4 is 28.8 Å². The number of nitrogens with one attached hydrogen (secondary N) is 2. The molecule has 8 heteroatoms. The summed E-state index contributed by atoms with van der Waals surface area (Å²) >= 11 is 1.56. The molecule has 1 atom stereocenters. The number of hydrogen-bond acceptors (Lipinski definition) is 6. The largest absolute Gasteiger partial charge is 0.497 e. The molecule has 37 heavy (non-hydrogen) atoms. The van der Waals surface area contributed by atoms with Crippen LogP contribution in [0.3, 0.4) is 0 Å². The lowest BCUT2D eigenvalue weighted by molar-refractivity contribution is -0.131. The first-order chi connectivity index (χ1) is 18.0. The fourth-order valence-electron chi connectivity index (χ4n) is 3.91. The molecule has 0 bridgehead atoms. The van der Waals surface area contributed by atoms with E-state index in [2.05, 4.69) is 15.7 Å². The fourth-order valence-corrected chi connectivity index (χ4v) is 4.53. The zero-order chi connectivity index (χ0) is 26.2. The summed E-state index contributed by atoms with van der Waals surface area (Å²) in [6, 6.07) is 23.5. The van der Waals surface area contributed by atoms with Crippen molar-refractivity contribution < 1.29 is 14.3 Å². The molecule has 0 saturated carbocycles. The predicted molar refractivity (Wildman–Crippen MR) is 148 cm³/mol. The highest BCUT2D eigenvalue weighted by molar-refractivity contribution is 7.09. The molecular weight excluding hydrogens is 484 g/mol. The van der Waals surface area contributed by atoms with Crippen molar-refractivity contribution in [3.05, 3.63) is 100 Å². The maximum atomic E-state index is 13.7. The van der Waals surface area contributed by atoms with Crippen molar-refractivity contribution in [2.24, 2.45) is 0 Å². The highest BCUT2D eigenvalue weighted by Crippen LogP contribution is 2.23. The number of thiazole rings is 1.